The number of anilines is 1. The maximum Gasteiger partial charge on any atom is 0.433 e. The first-order valence-corrected chi connectivity index (χ1v) is 11.4. The van der Waals surface area contributed by atoms with Crippen LogP contribution in [0.15, 0.2) is 41.4 Å². The number of rotatable bonds is 3. The summed E-state index contributed by atoms with van der Waals surface area (Å²) in [5, 5.41) is 0.884. The molecular weight excluding hydrogens is 417 g/mol. The van der Waals surface area contributed by atoms with E-state index in [4.69, 9.17) is 0 Å². The van der Waals surface area contributed by atoms with E-state index in [1.54, 1.807) is 23.1 Å². The van der Waals surface area contributed by atoms with Crippen molar-refractivity contribution in [3.8, 4) is 0 Å². The number of alkyl halides is 3. The Morgan fingerprint density at radius 2 is 1.87 bits per heavy atom. The van der Waals surface area contributed by atoms with Gasteiger partial charge in [0.15, 0.2) is 9.84 Å². The van der Waals surface area contributed by atoms with E-state index in [9.17, 15) is 21.6 Å². The van der Waals surface area contributed by atoms with Crippen LogP contribution < -0.4 is 4.90 Å². The van der Waals surface area contributed by atoms with Crippen molar-refractivity contribution in [3.63, 3.8) is 0 Å². The molecule has 160 valence electrons. The minimum absolute atomic E-state index is 0.0388. The zero-order valence-corrected chi connectivity index (χ0v) is 17.5. The maximum atomic E-state index is 13.1. The largest absolute Gasteiger partial charge is 0.433 e. The summed E-state index contributed by atoms with van der Waals surface area (Å²) in [7, 11) is -3.35. The molecule has 0 bridgehead atoms. The molecule has 10 heteroatoms. The van der Waals surface area contributed by atoms with E-state index in [0.29, 0.717) is 13.1 Å². The Hall–Kier alpha value is -2.62. The second-order valence-electron chi connectivity index (χ2n) is 7.84. The van der Waals surface area contributed by atoms with Crippen LogP contribution >= 0.6 is 0 Å². The molecule has 0 aliphatic carbocycles. The van der Waals surface area contributed by atoms with Gasteiger partial charge in [0.25, 0.3) is 0 Å². The summed E-state index contributed by atoms with van der Waals surface area (Å²) >= 11 is 0. The summed E-state index contributed by atoms with van der Waals surface area (Å²) in [5.41, 5.74) is 0.722. The highest BCUT2D eigenvalue weighted by Crippen LogP contribution is 2.39. The van der Waals surface area contributed by atoms with Gasteiger partial charge in [0.05, 0.1) is 10.9 Å². The van der Waals surface area contributed by atoms with Crippen molar-refractivity contribution in [3.05, 3.63) is 47.9 Å². The SMILES string of the molecule is CC(C)[C@@H]1c2cc3ccc(S(C)(=O)=O)cc3n2CCN1c1nccc(C(F)(F)F)n1. The molecular formula is C20H21F3N4O2S. The fraction of sp³-hybridized carbons (Fsp3) is 0.400. The zero-order valence-electron chi connectivity index (χ0n) is 16.7. The van der Waals surface area contributed by atoms with Gasteiger partial charge in [-0.25, -0.2) is 18.4 Å². The van der Waals surface area contributed by atoms with Gasteiger partial charge in [-0.3, -0.25) is 0 Å². The van der Waals surface area contributed by atoms with Gasteiger partial charge >= 0.3 is 6.18 Å². The maximum absolute atomic E-state index is 13.1. The van der Waals surface area contributed by atoms with Gasteiger partial charge in [-0.1, -0.05) is 19.9 Å². The molecule has 1 aromatic carbocycles. The van der Waals surface area contributed by atoms with Crippen molar-refractivity contribution in [1.29, 1.82) is 0 Å². The number of sulfone groups is 1. The molecule has 0 N–H and O–H groups in total. The molecule has 30 heavy (non-hydrogen) atoms. The molecule has 1 atom stereocenters. The van der Waals surface area contributed by atoms with Crippen molar-refractivity contribution in [2.45, 2.75) is 37.5 Å². The molecule has 0 unspecified atom stereocenters. The predicted octanol–water partition coefficient (Wildman–Crippen LogP) is 4.07. The third-order valence-electron chi connectivity index (χ3n) is 5.36. The zero-order chi connectivity index (χ0) is 21.8. The Morgan fingerprint density at radius 3 is 2.50 bits per heavy atom. The molecule has 3 aromatic rings. The minimum Gasteiger partial charge on any atom is -0.341 e. The molecule has 1 aliphatic heterocycles. The monoisotopic (exact) mass is 438 g/mol. The summed E-state index contributed by atoms with van der Waals surface area (Å²) in [4.78, 5) is 9.92. The van der Waals surface area contributed by atoms with E-state index in [2.05, 4.69) is 9.97 Å². The molecule has 1 aliphatic rings. The van der Waals surface area contributed by atoms with Crippen molar-refractivity contribution in [2.24, 2.45) is 5.92 Å². The van der Waals surface area contributed by atoms with Crippen LogP contribution in [0.25, 0.3) is 10.9 Å². The van der Waals surface area contributed by atoms with Crippen LogP contribution in [0.5, 0.6) is 0 Å². The smallest absolute Gasteiger partial charge is 0.341 e. The number of hydrogen-bond donors (Lipinski definition) is 0. The first-order valence-electron chi connectivity index (χ1n) is 9.47. The number of nitrogens with zero attached hydrogens (tertiary/aromatic N) is 4. The Kier molecular flexibility index (Phi) is 4.80. The van der Waals surface area contributed by atoms with Crippen LogP contribution in [0.2, 0.25) is 0 Å². The normalized spacial score (nSPS) is 17.6. The van der Waals surface area contributed by atoms with Gasteiger partial charge in [0.1, 0.15) is 5.69 Å². The van der Waals surface area contributed by atoms with Crippen LogP contribution in [-0.2, 0) is 22.6 Å². The molecule has 0 amide bonds. The average Bonchev–Trinajstić information content (AvgIpc) is 3.03. The van der Waals surface area contributed by atoms with Crippen molar-refractivity contribution < 1.29 is 21.6 Å². The van der Waals surface area contributed by atoms with Crippen LogP contribution in [0, 0.1) is 5.92 Å². The van der Waals surface area contributed by atoms with E-state index < -0.39 is 21.7 Å². The van der Waals surface area contributed by atoms with Gasteiger partial charge in [-0.05, 0) is 30.2 Å². The van der Waals surface area contributed by atoms with Crippen molar-refractivity contribution in [2.75, 3.05) is 17.7 Å². The Bertz CT molecular complexity index is 1220. The second kappa shape index (κ2) is 6.97. The highest BCUT2D eigenvalue weighted by atomic mass is 32.2. The molecule has 0 saturated heterocycles. The average molecular weight is 438 g/mol. The van der Waals surface area contributed by atoms with E-state index in [0.717, 1.165) is 35.1 Å². The van der Waals surface area contributed by atoms with Gasteiger partial charge in [0.2, 0.25) is 5.95 Å². The lowest BCUT2D eigenvalue weighted by Crippen LogP contribution is -2.41. The molecule has 0 fully saturated rings. The van der Waals surface area contributed by atoms with E-state index >= 15 is 0 Å². The summed E-state index contributed by atoms with van der Waals surface area (Å²) in [6.45, 7) is 4.86. The predicted molar refractivity (Wildman–Crippen MR) is 107 cm³/mol. The third kappa shape index (κ3) is 3.53. The Labute approximate surface area is 172 Å². The number of halogens is 3. The lowest BCUT2D eigenvalue weighted by Gasteiger charge is -2.39. The summed E-state index contributed by atoms with van der Waals surface area (Å²) in [6.07, 6.45) is -2.25. The van der Waals surface area contributed by atoms with Crippen LogP contribution in [0.3, 0.4) is 0 Å². The fourth-order valence-electron chi connectivity index (χ4n) is 4.06. The van der Waals surface area contributed by atoms with E-state index in [1.807, 2.05) is 24.5 Å². The number of fused-ring (bicyclic) bond motifs is 3. The highest BCUT2D eigenvalue weighted by Gasteiger charge is 2.36. The molecule has 2 aromatic heterocycles. The summed E-state index contributed by atoms with van der Waals surface area (Å²) < 4.78 is 65.4. The molecule has 6 nitrogen and oxygen atoms in total. The Morgan fingerprint density at radius 1 is 1.13 bits per heavy atom. The lowest BCUT2D eigenvalue weighted by atomic mass is 9.97. The quantitative estimate of drug-likeness (QED) is 0.617. The van der Waals surface area contributed by atoms with Gasteiger partial charge in [-0.2, -0.15) is 13.2 Å². The van der Waals surface area contributed by atoms with E-state index in [-0.39, 0.29) is 22.8 Å². The van der Waals surface area contributed by atoms with Crippen LogP contribution in [0.4, 0.5) is 19.1 Å². The second-order valence-corrected chi connectivity index (χ2v) is 9.85. The first kappa shape index (κ1) is 20.6. The third-order valence-corrected chi connectivity index (χ3v) is 6.47. The molecule has 0 radical (unpaired) electrons. The minimum atomic E-state index is -4.54. The van der Waals surface area contributed by atoms with Crippen LogP contribution in [0.1, 0.15) is 31.3 Å². The van der Waals surface area contributed by atoms with Gasteiger partial charge < -0.3 is 9.47 Å². The standard InChI is InChI=1S/C20H21F3N4O2S/c1-12(2)18-16-10-13-4-5-14(30(3,28)29)11-15(13)26(16)8-9-27(18)19-24-7-6-17(25-19)20(21,22)23/h4-7,10-12,18H,8-9H2,1-3H3/t18-/m1/s1. The summed E-state index contributed by atoms with van der Waals surface area (Å²) in [5.74, 6) is 0.0951. The summed E-state index contributed by atoms with van der Waals surface area (Å²) in [6, 6.07) is 7.56. The number of aromatic nitrogens is 3. The topological polar surface area (TPSA) is 68.1 Å². The number of benzene rings is 1. The van der Waals surface area contributed by atoms with E-state index in [1.165, 1.54) is 0 Å². The number of hydrogen-bond acceptors (Lipinski definition) is 5. The Balaban J connectivity index is 1.83. The molecule has 4 rings (SSSR count). The van der Waals surface area contributed by atoms with Crippen LogP contribution in [-0.4, -0.2) is 35.8 Å². The highest BCUT2D eigenvalue weighted by molar-refractivity contribution is 7.90. The van der Waals surface area contributed by atoms with Crippen molar-refractivity contribution in [1.82, 2.24) is 14.5 Å². The van der Waals surface area contributed by atoms with Gasteiger partial charge in [0, 0.05) is 42.1 Å². The van der Waals surface area contributed by atoms with Gasteiger partial charge in [-0.15, -0.1) is 0 Å². The molecule has 0 saturated carbocycles. The lowest BCUT2D eigenvalue weighted by molar-refractivity contribution is -0.141. The molecule has 0 spiro atoms. The first-order chi connectivity index (χ1) is 14.0. The fourth-order valence-corrected chi connectivity index (χ4v) is 4.70. The van der Waals surface area contributed by atoms with Crippen molar-refractivity contribution >= 4 is 26.7 Å². The molecule has 3 heterocycles.